The Hall–Kier alpha value is -1.04. The maximum Gasteiger partial charge on any atom is 0.233 e. The number of carbonyl (C=O) groups excluding carboxylic acids is 1. The van der Waals surface area contributed by atoms with Gasteiger partial charge in [-0.2, -0.15) is 0 Å². The molecule has 1 fully saturated rings. The maximum atomic E-state index is 12.7. The lowest BCUT2D eigenvalue weighted by atomic mass is 10.00. The lowest BCUT2D eigenvalue weighted by molar-refractivity contribution is -0.122. The van der Waals surface area contributed by atoms with Crippen molar-refractivity contribution in [3.05, 3.63) is 29.3 Å². The first-order valence-electron chi connectivity index (χ1n) is 9.19. The number of morpholine rings is 1. The molecule has 0 aromatic heterocycles. The van der Waals surface area contributed by atoms with Gasteiger partial charge in [-0.25, -0.2) is 0 Å². The van der Waals surface area contributed by atoms with Gasteiger partial charge in [0.25, 0.3) is 0 Å². The molecule has 25 heavy (non-hydrogen) atoms. The summed E-state index contributed by atoms with van der Waals surface area (Å²) in [5.41, 5.74) is 2.48. The summed E-state index contributed by atoms with van der Waals surface area (Å²) in [6.45, 7) is 13.2. The molecule has 4 nitrogen and oxygen atoms in total. The monoisotopic (exact) mass is 362 g/mol. The Morgan fingerprint density at radius 3 is 2.68 bits per heavy atom. The molecule has 0 bridgehead atoms. The van der Waals surface area contributed by atoms with E-state index in [-0.39, 0.29) is 28.9 Å². The van der Waals surface area contributed by atoms with E-state index in [1.54, 1.807) is 11.8 Å². The van der Waals surface area contributed by atoms with Crippen molar-refractivity contribution in [2.75, 3.05) is 19.6 Å². The molecule has 2 heterocycles. The lowest BCUT2D eigenvalue weighted by Crippen LogP contribution is -2.59. The topological polar surface area (TPSA) is 41.6 Å². The summed E-state index contributed by atoms with van der Waals surface area (Å²) in [5.74, 6) is 0.154. The molecule has 0 aliphatic carbocycles. The highest BCUT2D eigenvalue weighted by Gasteiger charge is 2.35. The first-order chi connectivity index (χ1) is 11.7. The van der Waals surface area contributed by atoms with E-state index in [1.807, 2.05) is 0 Å². The summed E-state index contributed by atoms with van der Waals surface area (Å²) < 4.78 is 5.83. The van der Waals surface area contributed by atoms with Crippen molar-refractivity contribution in [3.63, 3.8) is 0 Å². The predicted molar refractivity (Wildman–Crippen MR) is 103 cm³/mol. The van der Waals surface area contributed by atoms with Gasteiger partial charge in [-0.15, -0.1) is 11.8 Å². The van der Waals surface area contributed by atoms with Crippen LogP contribution in [-0.4, -0.2) is 53.4 Å². The van der Waals surface area contributed by atoms with Crippen LogP contribution < -0.4 is 5.32 Å². The normalized spacial score (nSPS) is 27.2. The fourth-order valence-electron chi connectivity index (χ4n) is 3.68. The number of amides is 1. The van der Waals surface area contributed by atoms with E-state index in [9.17, 15) is 4.79 Å². The number of rotatable bonds is 4. The van der Waals surface area contributed by atoms with Crippen molar-refractivity contribution in [3.8, 4) is 0 Å². The molecule has 5 heteroatoms. The molecule has 2 aliphatic heterocycles. The molecule has 3 rings (SSSR count). The maximum absolute atomic E-state index is 12.7. The van der Waals surface area contributed by atoms with Gasteiger partial charge in [0, 0.05) is 30.1 Å². The molecular weight excluding hydrogens is 332 g/mol. The Kier molecular flexibility index (Phi) is 5.47. The van der Waals surface area contributed by atoms with E-state index in [0.29, 0.717) is 6.54 Å². The number of fused-ring (bicyclic) bond motifs is 1. The van der Waals surface area contributed by atoms with Crippen LogP contribution in [0, 0.1) is 6.92 Å². The molecule has 3 atom stereocenters. The van der Waals surface area contributed by atoms with Crippen LogP contribution in [0.25, 0.3) is 0 Å². The highest BCUT2D eigenvalue weighted by atomic mass is 32.2. The summed E-state index contributed by atoms with van der Waals surface area (Å²) in [6.07, 6.45) is 1.31. The van der Waals surface area contributed by atoms with Gasteiger partial charge in [-0.3, -0.25) is 9.69 Å². The summed E-state index contributed by atoms with van der Waals surface area (Å²) >= 11 is 1.70. The third-order valence-electron chi connectivity index (χ3n) is 5.16. The van der Waals surface area contributed by atoms with Gasteiger partial charge in [-0.05, 0) is 52.7 Å². The molecule has 1 amide bonds. The zero-order valence-electron chi connectivity index (χ0n) is 16.0. The van der Waals surface area contributed by atoms with Crippen molar-refractivity contribution < 1.29 is 9.53 Å². The second kappa shape index (κ2) is 7.29. The summed E-state index contributed by atoms with van der Waals surface area (Å²) in [7, 11) is 0. The molecule has 0 radical (unpaired) electrons. The molecule has 138 valence electrons. The molecule has 3 unspecified atom stereocenters. The number of hydrogen-bond donors (Lipinski definition) is 1. The minimum absolute atomic E-state index is 0.00450. The molecule has 1 N–H and O–H groups in total. The zero-order valence-corrected chi connectivity index (χ0v) is 16.8. The quantitative estimate of drug-likeness (QED) is 0.894. The second-order valence-electron chi connectivity index (χ2n) is 8.11. The Balaban J connectivity index is 1.55. The van der Waals surface area contributed by atoms with Crippen molar-refractivity contribution in [1.29, 1.82) is 0 Å². The van der Waals surface area contributed by atoms with Crippen LogP contribution in [0.1, 0.15) is 38.8 Å². The highest BCUT2D eigenvalue weighted by Crippen LogP contribution is 2.37. The SMILES string of the molecule is Cc1ccc2c(c1)SC(C(=O)NCC(C)(C)N1CC(C)OC(C)C1)C2. The average molecular weight is 363 g/mol. The molecule has 0 saturated carbocycles. The number of thioether (sulfide) groups is 1. The van der Waals surface area contributed by atoms with Gasteiger partial charge in [-0.1, -0.05) is 17.7 Å². The fraction of sp³-hybridized carbons (Fsp3) is 0.650. The van der Waals surface area contributed by atoms with E-state index in [2.05, 4.69) is 63.0 Å². The van der Waals surface area contributed by atoms with Crippen LogP contribution >= 0.6 is 11.8 Å². The molecule has 1 aromatic rings. The Labute approximate surface area is 155 Å². The summed E-state index contributed by atoms with van der Waals surface area (Å²) in [6, 6.07) is 6.47. The smallest absolute Gasteiger partial charge is 0.233 e. The van der Waals surface area contributed by atoms with E-state index in [1.165, 1.54) is 16.0 Å². The lowest BCUT2D eigenvalue weighted by Gasteiger charge is -2.45. The summed E-state index contributed by atoms with van der Waals surface area (Å²) in [5, 5.41) is 3.19. The Morgan fingerprint density at radius 1 is 1.32 bits per heavy atom. The Bertz CT molecular complexity index is 637. The zero-order chi connectivity index (χ0) is 18.2. The number of hydrogen-bond acceptors (Lipinski definition) is 4. The molecule has 0 spiro atoms. The van der Waals surface area contributed by atoms with Gasteiger partial charge in [0.2, 0.25) is 5.91 Å². The number of aryl methyl sites for hydroxylation is 1. The van der Waals surface area contributed by atoms with Gasteiger partial charge < -0.3 is 10.1 Å². The number of benzene rings is 1. The van der Waals surface area contributed by atoms with Crippen molar-refractivity contribution in [1.82, 2.24) is 10.2 Å². The van der Waals surface area contributed by atoms with E-state index in [0.717, 1.165) is 19.5 Å². The third-order valence-corrected chi connectivity index (χ3v) is 6.46. The number of carbonyl (C=O) groups is 1. The van der Waals surface area contributed by atoms with Crippen LogP contribution in [0.15, 0.2) is 23.1 Å². The van der Waals surface area contributed by atoms with Gasteiger partial charge >= 0.3 is 0 Å². The number of ether oxygens (including phenoxy) is 1. The molecule has 1 aromatic carbocycles. The molecule has 2 aliphatic rings. The first kappa shape index (κ1) is 18.7. The first-order valence-corrected chi connectivity index (χ1v) is 10.1. The van der Waals surface area contributed by atoms with Crippen LogP contribution in [0.4, 0.5) is 0 Å². The minimum atomic E-state index is -0.0747. The standard InChI is InChI=1S/C20H30N2O2S/c1-13-6-7-16-9-18(25-17(16)8-13)19(23)21-12-20(4,5)22-10-14(2)24-15(3)11-22/h6-8,14-15,18H,9-12H2,1-5H3,(H,21,23). The fourth-order valence-corrected chi connectivity index (χ4v) is 5.00. The average Bonchev–Trinajstić information content (AvgIpc) is 2.95. The van der Waals surface area contributed by atoms with E-state index in [4.69, 9.17) is 4.74 Å². The van der Waals surface area contributed by atoms with Crippen molar-refractivity contribution in [2.45, 2.75) is 68.9 Å². The minimum Gasteiger partial charge on any atom is -0.373 e. The van der Waals surface area contributed by atoms with Crippen LogP contribution in [-0.2, 0) is 16.0 Å². The van der Waals surface area contributed by atoms with Crippen molar-refractivity contribution in [2.24, 2.45) is 0 Å². The van der Waals surface area contributed by atoms with Crippen molar-refractivity contribution >= 4 is 17.7 Å². The predicted octanol–water partition coefficient (Wildman–Crippen LogP) is 3.02. The third kappa shape index (κ3) is 4.39. The van der Waals surface area contributed by atoms with Crippen LogP contribution in [0.5, 0.6) is 0 Å². The van der Waals surface area contributed by atoms with E-state index >= 15 is 0 Å². The highest BCUT2D eigenvalue weighted by molar-refractivity contribution is 8.01. The Morgan fingerprint density at radius 2 is 2.00 bits per heavy atom. The second-order valence-corrected chi connectivity index (χ2v) is 9.36. The van der Waals surface area contributed by atoms with Crippen LogP contribution in [0.3, 0.4) is 0 Å². The van der Waals surface area contributed by atoms with Gasteiger partial charge in [0.05, 0.1) is 17.5 Å². The van der Waals surface area contributed by atoms with Crippen LogP contribution in [0.2, 0.25) is 0 Å². The summed E-state index contributed by atoms with van der Waals surface area (Å²) in [4.78, 5) is 16.4. The molecule has 1 saturated heterocycles. The largest absolute Gasteiger partial charge is 0.373 e. The van der Waals surface area contributed by atoms with Gasteiger partial charge in [0.1, 0.15) is 0 Å². The number of nitrogens with zero attached hydrogens (tertiary/aromatic N) is 1. The number of nitrogens with one attached hydrogen (secondary N) is 1. The molecular formula is C20H30N2O2S. The van der Waals surface area contributed by atoms with E-state index < -0.39 is 0 Å². The van der Waals surface area contributed by atoms with Gasteiger partial charge in [0.15, 0.2) is 0 Å².